The van der Waals surface area contributed by atoms with Crippen molar-refractivity contribution in [2.45, 2.75) is 135 Å². The Morgan fingerprint density at radius 2 is 1.62 bits per heavy atom. The van der Waals surface area contributed by atoms with Gasteiger partial charge in [-0.3, -0.25) is 4.79 Å². The lowest BCUT2D eigenvalue weighted by Crippen LogP contribution is -2.71. The van der Waals surface area contributed by atoms with Crippen LogP contribution in [0.5, 0.6) is 0 Å². The van der Waals surface area contributed by atoms with Gasteiger partial charge in [0.2, 0.25) is 0 Å². The molecule has 0 amide bonds. The maximum absolute atomic E-state index is 13.0. The van der Waals surface area contributed by atoms with Crippen LogP contribution in [0, 0.1) is 50.2 Å². The van der Waals surface area contributed by atoms with Crippen molar-refractivity contribution in [3.05, 3.63) is 11.6 Å². The highest BCUT2D eigenvalue weighted by atomic mass is 16.7. The highest BCUT2D eigenvalue weighted by Crippen LogP contribution is 2.76. The van der Waals surface area contributed by atoms with Gasteiger partial charge in [-0.05, 0) is 90.8 Å². The topological polar surface area (TPSA) is 218 Å². The molecular weight excluding hydrogens is 624 g/mol. The van der Waals surface area contributed by atoms with E-state index in [1.165, 1.54) is 0 Å². The monoisotopic (exact) mass is 682 g/mol. The number of ether oxygens (including phenoxy) is 2. The number of fused-ring (bicyclic) bond motifs is 7. The Balaban J connectivity index is 1.39. The van der Waals surface area contributed by atoms with Crippen LogP contribution in [0.2, 0.25) is 0 Å². The number of aliphatic hydroxyl groups is 8. The molecule has 6 rings (SSSR count). The summed E-state index contributed by atoms with van der Waals surface area (Å²) >= 11 is 0. The molecule has 4 saturated carbocycles. The molecule has 1 heterocycles. The molecule has 274 valence electrons. The number of rotatable bonds is 6. The van der Waals surface area contributed by atoms with E-state index in [0.717, 1.165) is 12.0 Å². The summed E-state index contributed by atoms with van der Waals surface area (Å²) < 4.78 is 11.8. The number of aliphatic hydroxyl groups excluding tert-OH is 8. The fraction of sp³-hybridized carbons (Fsp3) is 0.917. The molecule has 17 unspecified atom stereocenters. The van der Waals surface area contributed by atoms with Gasteiger partial charge in [-0.1, -0.05) is 46.3 Å². The molecule has 17 atom stereocenters. The lowest BCUT2D eigenvalue weighted by Gasteiger charge is -2.72. The average Bonchev–Trinajstić information content (AvgIpc) is 3.02. The highest BCUT2D eigenvalue weighted by molar-refractivity contribution is 5.77. The fourth-order valence-electron chi connectivity index (χ4n) is 12.6. The quantitative estimate of drug-likeness (QED) is 0.141. The number of hydrogen-bond donors (Lipinski definition) is 9. The first-order chi connectivity index (χ1) is 22.3. The molecule has 0 radical (unpaired) electrons. The second-order valence-electron chi connectivity index (χ2n) is 17.7. The van der Waals surface area contributed by atoms with Crippen molar-refractivity contribution in [2.24, 2.45) is 50.2 Å². The van der Waals surface area contributed by atoms with Gasteiger partial charge < -0.3 is 55.4 Å². The van der Waals surface area contributed by atoms with E-state index in [0.29, 0.717) is 38.5 Å². The van der Waals surface area contributed by atoms with Gasteiger partial charge in [-0.2, -0.15) is 0 Å². The molecule has 0 spiro atoms. The Labute approximate surface area is 282 Å². The van der Waals surface area contributed by atoms with Gasteiger partial charge in [0.05, 0.1) is 37.6 Å². The molecule has 0 aromatic heterocycles. The molecule has 12 nitrogen and oxygen atoms in total. The van der Waals surface area contributed by atoms with Gasteiger partial charge in [0.25, 0.3) is 0 Å². The van der Waals surface area contributed by atoms with Gasteiger partial charge in [-0.15, -0.1) is 0 Å². The molecule has 9 N–H and O–H groups in total. The number of carboxylic acids is 1. The van der Waals surface area contributed by atoms with E-state index in [4.69, 9.17) is 9.47 Å². The van der Waals surface area contributed by atoms with Gasteiger partial charge in [-0.25, -0.2) is 0 Å². The Hall–Kier alpha value is -1.19. The first kappa shape index (κ1) is 36.6. The lowest BCUT2D eigenvalue weighted by atomic mass is 9.33. The molecule has 12 heteroatoms. The summed E-state index contributed by atoms with van der Waals surface area (Å²) in [6, 6.07) is 0. The van der Waals surface area contributed by atoms with E-state index in [1.807, 2.05) is 6.92 Å². The molecule has 0 bridgehead atoms. The van der Waals surface area contributed by atoms with E-state index < -0.39 is 94.6 Å². The van der Waals surface area contributed by atoms with Crippen LogP contribution < -0.4 is 0 Å². The summed E-state index contributed by atoms with van der Waals surface area (Å²) in [4.78, 5) is 13.0. The summed E-state index contributed by atoms with van der Waals surface area (Å²) in [5.74, 6) is -1.67. The van der Waals surface area contributed by atoms with E-state index in [2.05, 4.69) is 26.8 Å². The zero-order valence-corrected chi connectivity index (χ0v) is 29.0. The van der Waals surface area contributed by atoms with Crippen molar-refractivity contribution in [1.29, 1.82) is 0 Å². The second-order valence-corrected chi connectivity index (χ2v) is 17.7. The van der Waals surface area contributed by atoms with Crippen LogP contribution in [0.3, 0.4) is 0 Å². The van der Waals surface area contributed by atoms with Crippen LogP contribution >= 0.6 is 0 Å². The number of allylic oxidation sites excluding steroid dienone is 2. The van der Waals surface area contributed by atoms with Crippen LogP contribution in [0.25, 0.3) is 0 Å². The maximum Gasteiger partial charge on any atom is 0.312 e. The summed E-state index contributed by atoms with van der Waals surface area (Å²) in [6.45, 7) is 9.37. The predicted octanol–water partition coefficient (Wildman–Crippen LogP) is 0.944. The highest BCUT2D eigenvalue weighted by Gasteiger charge is 2.73. The predicted molar refractivity (Wildman–Crippen MR) is 171 cm³/mol. The van der Waals surface area contributed by atoms with Crippen LogP contribution in [0.1, 0.15) is 86.0 Å². The molecule has 1 aliphatic heterocycles. The lowest BCUT2D eigenvalue weighted by molar-refractivity contribution is -0.335. The van der Waals surface area contributed by atoms with Crippen molar-refractivity contribution in [2.75, 3.05) is 19.8 Å². The van der Waals surface area contributed by atoms with Crippen LogP contribution in [-0.4, -0.2) is 121 Å². The molecule has 5 aliphatic carbocycles. The normalized spacial score (nSPS) is 55.7. The van der Waals surface area contributed by atoms with Gasteiger partial charge in [0.15, 0.2) is 6.29 Å². The molecule has 48 heavy (non-hydrogen) atoms. The molecule has 1 saturated heterocycles. The van der Waals surface area contributed by atoms with E-state index >= 15 is 0 Å². The minimum absolute atomic E-state index is 0.00174. The summed E-state index contributed by atoms with van der Waals surface area (Å²) in [7, 11) is 0. The molecule has 0 aromatic rings. The Morgan fingerprint density at radius 3 is 2.25 bits per heavy atom. The minimum atomic E-state index is -1.59. The summed E-state index contributed by atoms with van der Waals surface area (Å²) in [5, 5.41) is 97.2. The van der Waals surface area contributed by atoms with E-state index in [9.17, 15) is 50.8 Å². The molecule has 6 aliphatic rings. The van der Waals surface area contributed by atoms with Crippen molar-refractivity contribution < 1.29 is 60.2 Å². The second kappa shape index (κ2) is 11.9. The zero-order valence-electron chi connectivity index (χ0n) is 29.0. The van der Waals surface area contributed by atoms with Crippen molar-refractivity contribution in [3.8, 4) is 0 Å². The number of carbonyl (C=O) groups is 1. The Bertz CT molecular complexity index is 1290. The number of hydrogen-bond acceptors (Lipinski definition) is 11. The van der Waals surface area contributed by atoms with Gasteiger partial charge >= 0.3 is 5.97 Å². The largest absolute Gasteiger partial charge is 0.481 e. The number of carboxylic acid groups (broad SMARTS) is 1. The zero-order chi connectivity index (χ0) is 35.4. The van der Waals surface area contributed by atoms with Crippen LogP contribution in [0.15, 0.2) is 11.6 Å². The smallest absolute Gasteiger partial charge is 0.312 e. The van der Waals surface area contributed by atoms with Gasteiger partial charge in [0.1, 0.15) is 23.7 Å². The van der Waals surface area contributed by atoms with Gasteiger partial charge in [0, 0.05) is 12.0 Å². The molecule has 0 aromatic carbocycles. The first-order valence-electron chi connectivity index (χ1n) is 17.8. The van der Waals surface area contributed by atoms with Crippen LogP contribution in [0.4, 0.5) is 0 Å². The molecular formula is C36H58O12. The number of aliphatic carboxylic acids is 1. The van der Waals surface area contributed by atoms with Crippen molar-refractivity contribution >= 4 is 5.97 Å². The maximum atomic E-state index is 13.0. The fourth-order valence-corrected chi connectivity index (χ4v) is 12.6. The summed E-state index contributed by atoms with van der Waals surface area (Å²) in [5.41, 5.74) is -3.41. The molecule has 5 fully saturated rings. The first-order valence-corrected chi connectivity index (χ1v) is 17.8. The standard InChI is InChI=1S/C36H58O12/c1-31(17-38)12-19-18-6-7-22-32(2)13-20(39)28(48-29-27(44)26(43)21(40)16-47-29)35(5,25(42)15-37)23(32)8-9-34(22,4)33(18,3)10-11-36(19,30(45)46)24(41)14-31/h6,19-29,37-44H,7-17H2,1-5H3,(H,45,46). The summed E-state index contributed by atoms with van der Waals surface area (Å²) in [6.07, 6.45) is -4.34. The van der Waals surface area contributed by atoms with E-state index in [1.54, 1.807) is 6.92 Å². The third kappa shape index (κ3) is 4.73. The third-order valence-corrected chi connectivity index (χ3v) is 15.6. The minimum Gasteiger partial charge on any atom is -0.481 e. The third-order valence-electron chi connectivity index (χ3n) is 15.6. The van der Waals surface area contributed by atoms with Crippen molar-refractivity contribution in [3.63, 3.8) is 0 Å². The van der Waals surface area contributed by atoms with Crippen molar-refractivity contribution in [1.82, 2.24) is 0 Å². The SMILES string of the molecule is CC1(CO)CC(O)C2(C(=O)O)CCC3(C)C(=CCC4C5(C)CC(O)C(OC6OCC(O)C(O)C6O)C(C)(C(O)CO)C5CCC43C)C2C1. The van der Waals surface area contributed by atoms with Crippen LogP contribution in [-0.2, 0) is 14.3 Å². The van der Waals surface area contributed by atoms with E-state index in [-0.39, 0.29) is 36.9 Å². The Kier molecular flexibility index (Phi) is 9.10. The Morgan fingerprint density at radius 1 is 0.938 bits per heavy atom. The average molecular weight is 683 g/mol.